The van der Waals surface area contributed by atoms with Crippen molar-refractivity contribution in [2.45, 2.75) is 13.8 Å². The third-order valence-corrected chi connectivity index (χ3v) is 4.15. The highest BCUT2D eigenvalue weighted by Gasteiger charge is 2.10. The SMILES string of the molecule is CC(=O)c1cnc(N)c(-c2ccc(NC(=O)Nc3cc(C)ccc3F)cc2)c1. The van der Waals surface area contributed by atoms with Crippen molar-refractivity contribution in [3.8, 4) is 11.1 Å². The molecule has 0 radical (unpaired) electrons. The lowest BCUT2D eigenvalue weighted by atomic mass is 10.0. The summed E-state index contributed by atoms with van der Waals surface area (Å²) in [6, 6.07) is 12.5. The molecule has 0 aliphatic heterocycles. The van der Waals surface area contributed by atoms with E-state index in [4.69, 9.17) is 5.73 Å². The molecule has 7 heteroatoms. The first-order chi connectivity index (χ1) is 13.3. The zero-order valence-electron chi connectivity index (χ0n) is 15.4. The first kappa shape index (κ1) is 19.0. The third kappa shape index (κ3) is 4.32. The molecule has 2 amide bonds. The van der Waals surface area contributed by atoms with E-state index >= 15 is 0 Å². The number of amides is 2. The van der Waals surface area contributed by atoms with E-state index in [2.05, 4.69) is 15.6 Å². The number of ketones is 1. The van der Waals surface area contributed by atoms with Crippen LogP contribution in [0.15, 0.2) is 54.7 Å². The van der Waals surface area contributed by atoms with E-state index in [1.807, 2.05) is 6.92 Å². The number of rotatable bonds is 4. The van der Waals surface area contributed by atoms with Gasteiger partial charge in [-0.1, -0.05) is 18.2 Å². The number of nitrogens with two attached hydrogens (primary N) is 1. The third-order valence-electron chi connectivity index (χ3n) is 4.15. The quantitative estimate of drug-likeness (QED) is 0.577. The van der Waals surface area contributed by atoms with E-state index < -0.39 is 11.8 Å². The van der Waals surface area contributed by atoms with E-state index in [-0.39, 0.29) is 11.5 Å². The first-order valence-corrected chi connectivity index (χ1v) is 8.54. The number of pyridine rings is 1. The van der Waals surface area contributed by atoms with Crippen LogP contribution in [-0.2, 0) is 0 Å². The molecule has 0 atom stereocenters. The molecule has 0 aliphatic carbocycles. The summed E-state index contributed by atoms with van der Waals surface area (Å²) in [5.41, 5.74) is 9.22. The second-order valence-corrected chi connectivity index (χ2v) is 6.35. The highest BCUT2D eigenvalue weighted by atomic mass is 19.1. The Hall–Kier alpha value is -3.74. The van der Waals surface area contributed by atoms with Crippen molar-refractivity contribution in [2.75, 3.05) is 16.4 Å². The Kier molecular flexibility index (Phi) is 5.35. The van der Waals surface area contributed by atoms with Crippen molar-refractivity contribution >= 4 is 29.0 Å². The molecular weight excluding hydrogens is 359 g/mol. The van der Waals surface area contributed by atoms with Gasteiger partial charge < -0.3 is 16.4 Å². The Morgan fingerprint density at radius 3 is 2.43 bits per heavy atom. The molecule has 0 saturated carbocycles. The number of anilines is 3. The fourth-order valence-electron chi connectivity index (χ4n) is 2.65. The molecule has 3 aromatic rings. The lowest BCUT2D eigenvalue weighted by Crippen LogP contribution is -2.20. The van der Waals surface area contributed by atoms with Crippen LogP contribution in [0.25, 0.3) is 11.1 Å². The minimum atomic E-state index is -0.558. The van der Waals surface area contributed by atoms with E-state index in [9.17, 15) is 14.0 Å². The number of hydrogen-bond acceptors (Lipinski definition) is 4. The maximum Gasteiger partial charge on any atom is 0.323 e. The van der Waals surface area contributed by atoms with Crippen molar-refractivity contribution in [3.63, 3.8) is 0 Å². The highest BCUT2D eigenvalue weighted by Crippen LogP contribution is 2.27. The van der Waals surface area contributed by atoms with Crippen LogP contribution in [0.1, 0.15) is 22.8 Å². The fourth-order valence-corrected chi connectivity index (χ4v) is 2.65. The normalized spacial score (nSPS) is 10.4. The molecule has 1 heterocycles. The largest absolute Gasteiger partial charge is 0.383 e. The summed E-state index contributed by atoms with van der Waals surface area (Å²) in [6.07, 6.45) is 1.44. The second kappa shape index (κ2) is 7.87. The Balaban J connectivity index is 1.74. The molecule has 4 N–H and O–H groups in total. The molecule has 0 spiro atoms. The van der Waals surface area contributed by atoms with Crippen molar-refractivity contribution < 1.29 is 14.0 Å². The summed E-state index contributed by atoms with van der Waals surface area (Å²) in [4.78, 5) is 27.7. The second-order valence-electron chi connectivity index (χ2n) is 6.35. The summed E-state index contributed by atoms with van der Waals surface area (Å²) in [5, 5.41) is 5.12. The molecule has 2 aromatic carbocycles. The maximum absolute atomic E-state index is 13.8. The number of carbonyl (C=O) groups excluding carboxylic acids is 2. The van der Waals surface area contributed by atoms with Gasteiger partial charge in [0.1, 0.15) is 11.6 Å². The molecule has 3 rings (SSSR count). The van der Waals surface area contributed by atoms with Gasteiger partial charge in [0.25, 0.3) is 0 Å². The monoisotopic (exact) mass is 378 g/mol. The molecule has 142 valence electrons. The number of aromatic nitrogens is 1. The Bertz CT molecular complexity index is 1050. The number of benzene rings is 2. The van der Waals surface area contributed by atoms with Crippen LogP contribution < -0.4 is 16.4 Å². The lowest BCUT2D eigenvalue weighted by molar-refractivity contribution is 0.101. The van der Waals surface area contributed by atoms with E-state index in [1.165, 1.54) is 19.2 Å². The van der Waals surface area contributed by atoms with Crippen LogP contribution in [0.2, 0.25) is 0 Å². The molecule has 6 nitrogen and oxygen atoms in total. The predicted octanol–water partition coefficient (Wildman–Crippen LogP) is 4.62. The molecule has 0 bridgehead atoms. The van der Waals surface area contributed by atoms with Crippen LogP contribution >= 0.6 is 0 Å². The Morgan fingerprint density at radius 1 is 1.04 bits per heavy atom. The fraction of sp³-hybridized carbons (Fsp3) is 0.0952. The smallest absolute Gasteiger partial charge is 0.323 e. The van der Waals surface area contributed by atoms with Gasteiger partial charge in [0.2, 0.25) is 0 Å². The number of nitrogen functional groups attached to an aromatic ring is 1. The summed E-state index contributed by atoms with van der Waals surface area (Å²) in [5.74, 6) is -0.310. The van der Waals surface area contributed by atoms with Gasteiger partial charge >= 0.3 is 6.03 Å². The van der Waals surface area contributed by atoms with Gasteiger partial charge in [-0.25, -0.2) is 14.2 Å². The molecular formula is C21H19FN4O2. The van der Waals surface area contributed by atoms with Crippen LogP contribution in [0.3, 0.4) is 0 Å². The topological polar surface area (TPSA) is 97.1 Å². The van der Waals surface area contributed by atoms with Crippen LogP contribution in [0.5, 0.6) is 0 Å². The molecule has 0 fully saturated rings. The zero-order valence-corrected chi connectivity index (χ0v) is 15.4. The predicted molar refractivity (Wildman–Crippen MR) is 108 cm³/mol. The molecule has 0 aliphatic rings. The number of carbonyl (C=O) groups is 2. The average molecular weight is 378 g/mol. The number of nitrogens with one attached hydrogen (secondary N) is 2. The zero-order chi connectivity index (χ0) is 20.3. The number of Topliss-reactive ketones (excluding diaryl/α,β-unsaturated/α-hetero) is 1. The van der Waals surface area contributed by atoms with Crippen LogP contribution in [-0.4, -0.2) is 16.8 Å². The van der Waals surface area contributed by atoms with Gasteiger partial charge in [-0.15, -0.1) is 0 Å². The molecule has 0 saturated heterocycles. The Labute approximate surface area is 161 Å². The van der Waals surface area contributed by atoms with Gasteiger partial charge in [0.05, 0.1) is 5.69 Å². The number of aryl methyl sites for hydroxylation is 1. The number of urea groups is 1. The molecule has 0 unspecified atom stereocenters. The molecule has 1 aromatic heterocycles. The van der Waals surface area contributed by atoms with Gasteiger partial charge in [0, 0.05) is 23.0 Å². The summed E-state index contributed by atoms with van der Waals surface area (Å²) < 4.78 is 13.8. The van der Waals surface area contributed by atoms with E-state index in [0.717, 1.165) is 11.1 Å². The number of hydrogen-bond donors (Lipinski definition) is 3. The number of halogens is 1. The van der Waals surface area contributed by atoms with Crippen molar-refractivity contribution in [1.29, 1.82) is 0 Å². The summed E-state index contributed by atoms with van der Waals surface area (Å²) >= 11 is 0. The van der Waals surface area contributed by atoms with Crippen molar-refractivity contribution in [1.82, 2.24) is 4.98 Å². The van der Waals surface area contributed by atoms with Gasteiger partial charge in [-0.3, -0.25) is 4.79 Å². The lowest BCUT2D eigenvalue weighted by Gasteiger charge is -2.11. The van der Waals surface area contributed by atoms with Crippen LogP contribution in [0, 0.1) is 12.7 Å². The van der Waals surface area contributed by atoms with E-state index in [0.29, 0.717) is 22.6 Å². The first-order valence-electron chi connectivity index (χ1n) is 8.54. The van der Waals surface area contributed by atoms with E-state index in [1.54, 1.807) is 42.5 Å². The van der Waals surface area contributed by atoms with Gasteiger partial charge in [-0.2, -0.15) is 0 Å². The summed E-state index contributed by atoms with van der Waals surface area (Å²) in [7, 11) is 0. The van der Waals surface area contributed by atoms with Crippen LogP contribution in [0.4, 0.5) is 26.4 Å². The van der Waals surface area contributed by atoms with Gasteiger partial charge in [-0.05, 0) is 55.3 Å². The highest BCUT2D eigenvalue weighted by molar-refractivity contribution is 6.00. The minimum Gasteiger partial charge on any atom is -0.383 e. The molecule has 28 heavy (non-hydrogen) atoms. The minimum absolute atomic E-state index is 0.105. The van der Waals surface area contributed by atoms with Crippen molar-refractivity contribution in [2.24, 2.45) is 0 Å². The summed E-state index contributed by atoms with van der Waals surface area (Å²) in [6.45, 7) is 3.27. The average Bonchev–Trinajstić information content (AvgIpc) is 2.65. The maximum atomic E-state index is 13.8. The Morgan fingerprint density at radius 2 is 1.75 bits per heavy atom. The standard InChI is InChI=1S/C21H19FN4O2/c1-12-3-8-18(22)19(9-12)26-21(28)25-16-6-4-14(5-7-16)17-10-15(13(2)27)11-24-20(17)23/h3-11H,1-2H3,(H2,23,24)(H2,25,26,28). The number of nitrogens with zero attached hydrogens (tertiary/aromatic N) is 1. The van der Waals surface area contributed by atoms with Gasteiger partial charge in [0.15, 0.2) is 5.78 Å². The van der Waals surface area contributed by atoms with Crippen molar-refractivity contribution in [3.05, 3.63) is 71.7 Å².